The number of hydrogen-bond donors (Lipinski definition) is 3. The first-order valence-corrected chi connectivity index (χ1v) is 5.31. The predicted octanol–water partition coefficient (Wildman–Crippen LogP) is 0.753. The van der Waals surface area contributed by atoms with Crippen LogP contribution >= 0.6 is 0 Å². The van der Waals surface area contributed by atoms with E-state index in [0.717, 1.165) is 12.8 Å². The number of nitrogens with zero attached hydrogens (tertiary/aromatic N) is 1. The number of nitrogens with two attached hydrogens (primary N) is 1. The van der Waals surface area contributed by atoms with Gasteiger partial charge in [-0.05, 0) is 12.5 Å². The summed E-state index contributed by atoms with van der Waals surface area (Å²) in [4.78, 5) is 14.9. The van der Waals surface area contributed by atoms with Gasteiger partial charge in [0.25, 0.3) is 5.91 Å². The summed E-state index contributed by atoms with van der Waals surface area (Å²) in [7, 11) is 0. The largest absolute Gasteiger partial charge is 0.391 e. The standard InChI is InChI=1S/C11H17N3O2/c1-2-3-8(15)6-14-10-4-5-13-7-9(10)11(12)16/h4-5,7-8,15H,2-3,6H2,1H3,(H2,12,16)(H,13,14). The molecule has 5 nitrogen and oxygen atoms in total. The lowest BCUT2D eigenvalue weighted by atomic mass is 10.2. The molecule has 4 N–H and O–H groups in total. The van der Waals surface area contributed by atoms with E-state index in [0.29, 0.717) is 17.8 Å². The van der Waals surface area contributed by atoms with Crippen LogP contribution in [0.15, 0.2) is 18.5 Å². The smallest absolute Gasteiger partial charge is 0.252 e. The minimum atomic E-state index is -0.527. The molecule has 1 rings (SSSR count). The van der Waals surface area contributed by atoms with Crippen molar-refractivity contribution in [2.75, 3.05) is 11.9 Å². The highest BCUT2D eigenvalue weighted by Gasteiger charge is 2.09. The molecule has 1 aromatic heterocycles. The van der Waals surface area contributed by atoms with Gasteiger partial charge in [-0.1, -0.05) is 13.3 Å². The number of aromatic nitrogens is 1. The monoisotopic (exact) mass is 223 g/mol. The van der Waals surface area contributed by atoms with Gasteiger partial charge in [-0.25, -0.2) is 0 Å². The molecule has 1 heterocycles. The van der Waals surface area contributed by atoms with E-state index >= 15 is 0 Å². The van der Waals surface area contributed by atoms with Crippen LogP contribution in [0.4, 0.5) is 5.69 Å². The van der Waals surface area contributed by atoms with E-state index < -0.39 is 12.0 Å². The second-order valence-electron chi connectivity index (χ2n) is 3.61. The Morgan fingerprint density at radius 1 is 1.69 bits per heavy atom. The topological polar surface area (TPSA) is 88.2 Å². The normalized spacial score (nSPS) is 12.1. The van der Waals surface area contributed by atoms with E-state index in [-0.39, 0.29) is 0 Å². The van der Waals surface area contributed by atoms with Crippen molar-refractivity contribution in [2.45, 2.75) is 25.9 Å². The van der Waals surface area contributed by atoms with Gasteiger partial charge in [0.05, 0.1) is 17.4 Å². The minimum Gasteiger partial charge on any atom is -0.391 e. The molecule has 0 radical (unpaired) electrons. The van der Waals surface area contributed by atoms with Gasteiger partial charge in [0.2, 0.25) is 0 Å². The molecule has 0 spiro atoms. The molecule has 0 aliphatic rings. The zero-order valence-corrected chi connectivity index (χ0v) is 9.31. The summed E-state index contributed by atoms with van der Waals surface area (Å²) in [5.41, 5.74) is 6.15. The van der Waals surface area contributed by atoms with Crippen LogP contribution in [0.2, 0.25) is 0 Å². The number of primary amides is 1. The van der Waals surface area contributed by atoms with Crippen molar-refractivity contribution in [1.29, 1.82) is 0 Å². The third-order valence-corrected chi connectivity index (χ3v) is 2.24. The molecule has 16 heavy (non-hydrogen) atoms. The van der Waals surface area contributed by atoms with Gasteiger partial charge in [0.1, 0.15) is 0 Å². The quantitative estimate of drug-likeness (QED) is 0.664. The summed E-state index contributed by atoms with van der Waals surface area (Å²) in [6.07, 6.45) is 4.21. The maximum absolute atomic E-state index is 11.1. The summed E-state index contributed by atoms with van der Waals surface area (Å²) >= 11 is 0. The number of aliphatic hydroxyl groups is 1. The average molecular weight is 223 g/mol. The second kappa shape index (κ2) is 6.07. The third-order valence-electron chi connectivity index (χ3n) is 2.24. The maximum Gasteiger partial charge on any atom is 0.252 e. The number of carbonyl (C=O) groups excluding carboxylic acids is 1. The molecule has 1 atom stereocenters. The second-order valence-corrected chi connectivity index (χ2v) is 3.61. The van der Waals surface area contributed by atoms with Crippen molar-refractivity contribution in [3.8, 4) is 0 Å². The molecule has 0 aliphatic carbocycles. The number of rotatable bonds is 6. The number of anilines is 1. The van der Waals surface area contributed by atoms with Crippen molar-refractivity contribution in [2.24, 2.45) is 5.73 Å². The molecule has 0 aliphatic heterocycles. The summed E-state index contributed by atoms with van der Waals surface area (Å²) in [5, 5.41) is 12.5. The van der Waals surface area contributed by atoms with Crippen molar-refractivity contribution in [3.05, 3.63) is 24.0 Å². The Kier molecular flexibility index (Phi) is 4.72. The van der Waals surface area contributed by atoms with E-state index in [1.807, 2.05) is 6.92 Å². The predicted molar refractivity (Wildman–Crippen MR) is 62.2 cm³/mol. The van der Waals surface area contributed by atoms with Crippen LogP contribution in [-0.2, 0) is 0 Å². The summed E-state index contributed by atoms with van der Waals surface area (Å²) in [6, 6.07) is 1.67. The molecule has 1 aromatic rings. The average Bonchev–Trinajstić information content (AvgIpc) is 2.27. The van der Waals surface area contributed by atoms with Crippen molar-refractivity contribution < 1.29 is 9.90 Å². The Morgan fingerprint density at radius 3 is 3.06 bits per heavy atom. The minimum absolute atomic E-state index is 0.339. The molecule has 5 heteroatoms. The highest BCUT2D eigenvalue weighted by Crippen LogP contribution is 2.12. The van der Waals surface area contributed by atoms with E-state index in [1.54, 1.807) is 12.3 Å². The molecule has 1 unspecified atom stereocenters. The van der Waals surface area contributed by atoms with Gasteiger partial charge < -0.3 is 16.2 Å². The summed E-state index contributed by atoms with van der Waals surface area (Å²) in [6.45, 7) is 2.41. The fourth-order valence-electron chi connectivity index (χ4n) is 1.41. The van der Waals surface area contributed by atoms with Crippen LogP contribution in [0, 0.1) is 0 Å². The number of aliphatic hydroxyl groups excluding tert-OH is 1. The van der Waals surface area contributed by atoms with Gasteiger partial charge in [0, 0.05) is 18.9 Å². The zero-order chi connectivity index (χ0) is 12.0. The van der Waals surface area contributed by atoms with Crippen LogP contribution in [0.5, 0.6) is 0 Å². The van der Waals surface area contributed by atoms with Crippen LogP contribution in [0.3, 0.4) is 0 Å². The van der Waals surface area contributed by atoms with Crippen LogP contribution in [0.1, 0.15) is 30.1 Å². The van der Waals surface area contributed by atoms with Crippen molar-refractivity contribution in [1.82, 2.24) is 4.98 Å². The SMILES string of the molecule is CCCC(O)CNc1ccncc1C(N)=O. The Balaban J connectivity index is 2.63. The van der Waals surface area contributed by atoms with Gasteiger partial charge in [0.15, 0.2) is 0 Å². The lowest BCUT2D eigenvalue weighted by Gasteiger charge is -2.13. The number of carbonyl (C=O) groups is 1. The number of nitrogens with one attached hydrogen (secondary N) is 1. The van der Waals surface area contributed by atoms with Crippen LogP contribution < -0.4 is 11.1 Å². The van der Waals surface area contributed by atoms with E-state index in [9.17, 15) is 9.90 Å². The molecule has 0 aromatic carbocycles. The highest BCUT2D eigenvalue weighted by molar-refractivity contribution is 5.98. The first kappa shape index (κ1) is 12.4. The molecule has 1 amide bonds. The third kappa shape index (κ3) is 3.51. The Labute approximate surface area is 94.7 Å². The summed E-state index contributed by atoms with van der Waals surface area (Å²) in [5.74, 6) is -0.527. The van der Waals surface area contributed by atoms with Gasteiger partial charge in [-0.3, -0.25) is 9.78 Å². The maximum atomic E-state index is 11.1. The van der Waals surface area contributed by atoms with Crippen LogP contribution in [-0.4, -0.2) is 28.6 Å². The number of pyridine rings is 1. The van der Waals surface area contributed by atoms with Crippen LogP contribution in [0.25, 0.3) is 0 Å². The lowest BCUT2D eigenvalue weighted by Crippen LogP contribution is -2.21. The molecular formula is C11H17N3O2. The zero-order valence-electron chi connectivity index (χ0n) is 9.31. The lowest BCUT2D eigenvalue weighted by molar-refractivity contribution is 0.100. The molecule has 0 fully saturated rings. The first-order chi connectivity index (χ1) is 7.65. The molecule has 0 saturated heterocycles. The van der Waals surface area contributed by atoms with Gasteiger partial charge >= 0.3 is 0 Å². The van der Waals surface area contributed by atoms with Gasteiger partial charge in [-0.15, -0.1) is 0 Å². The number of amides is 1. The Hall–Kier alpha value is -1.62. The highest BCUT2D eigenvalue weighted by atomic mass is 16.3. The number of hydrogen-bond acceptors (Lipinski definition) is 4. The molecule has 0 bridgehead atoms. The van der Waals surface area contributed by atoms with E-state index in [1.165, 1.54) is 6.20 Å². The summed E-state index contributed by atoms with van der Waals surface area (Å²) < 4.78 is 0. The fraction of sp³-hybridized carbons (Fsp3) is 0.455. The molecular weight excluding hydrogens is 206 g/mol. The molecule has 0 saturated carbocycles. The fourth-order valence-corrected chi connectivity index (χ4v) is 1.41. The van der Waals surface area contributed by atoms with Crippen molar-refractivity contribution >= 4 is 11.6 Å². The van der Waals surface area contributed by atoms with Gasteiger partial charge in [-0.2, -0.15) is 0 Å². The first-order valence-electron chi connectivity index (χ1n) is 5.31. The Bertz CT molecular complexity index is 355. The molecule has 88 valence electrons. The van der Waals surface area contributed by atoms with E-state index in [4.69, 9.17) is 5.73 Å². The van der Waals surface area contributed by atoms with E-state index in [2.05, 4.69) is 10.3 Å². The van der Waals surface area contributed by atoms with Crippen molar-refractivity contribution in [3.63, 3.8) is 0 Å². The Morgan fingerprint density at radius 2 is 2.44 bits per heavy atom.